The van der Waals surface area contributed by atoms with Gasteiger partial charge in [-0.1, -0.05) is 27.2 Å². The highest BCUT2D eigenvalue weighted by molar-refractivity contribution is 6.74. The van der Waals surface area contributed by atoms with Gasteiger partial charge in [-0.25, -0.2) is 0 Å². The van der Waals surface area contributed by atoms with E-state index in [0.29, 0.717) is 10.6 Å². The van der Waals surface area contributed by atoms with Crippen LogP contribution in [-0.2, 0) is 4.43 Å². The standard InChI is InChI=1S/C12H24OSi/c1-11(2,3)14(4,5)13-12-8-6-7-10(12)9-12/h10H,6-9H2,1-5H3. The number of rotatable bonds is 2. The van der Waals surface area contributed by atoms with E-state index >= 15 is 0 Å². The van der Waals surface area contributed by atoms with Crippen LogP contribution in [0.4, 0.5) is 0 Å². The van der Waals surface area contributed by atoms with E-state index < -0.39 is 8.32 Å². The topological polar surface area (TPSA) is 9.23 Å². The maximum Gasteiger partial charge on any atom is 0.192 e. The largest absolute Gasteiger partial charge is 0.411 e. The van der Waals surface area contributed by atoms with Crippen LogP contribution in [0.1, 0.15) is 46.5 Å². The lowest BCUT2D eigenvalue weighted by Gasteiger charge is -2.39. The number of hydrogen-bond donors (Lipinski definition) is 0. The van der Waals surface area contributed by atoms with E-state index in [2.05, 4.69) is 33.9 Å². The third-order valence-corrected chi connectivity index (χ3v) is 9.12. The third-order valence-electron chi connectivity index (χ3n) is 4.59. The Hall–Kier alpha value is 0.177. The molecule has 2 aliphatic rings. The van der Waals surface area contributed by atoms with Crippen LogP contribution in [0.25, 0.3) is 0 Å². The molecule has 0 amide bonds. The van der Waals surface area contributed by atoms with Gasteiger partial charge in [-0.3, -0.25) is 0 Å². The lowest BCUT2D eigenvalue weighted by Crippen LogP contribution is -2.44. The molecule has 0 N–H and O–H groups in total. The molecule has 2 saturated carbocycles. The van der Waals surface area contributed by atoms with Crippen LogP contribution in [0.15, 0.2) is 0 Å². The first-order valence-corrected chi connectivity index (χ1v) is 8.88. The van der Waals surface area contributed by atoms with Crippen molar-refractivity contribution in [3.8, 4) is 0 Å². The van der Waals surface area contributed by atoms with Gasteiger partial charge in [-0.15, -0.1) is 0 Å². The second-order valence-corrected chi connectivity index (χ2v) is 11.4. The highest BCUT2D eigenvalue weighted by atomic mass is 28.4. The summed E-state index contributed by atoms with van der Waals surface area (Å²) in [4.78, 5) is 0. The van der Waals surface area contributed by atoms with Gasteiger partial charge in [0.1, 0.15) is 0 Å². The minimum Gasteiger partial charge on any atom is -0.411 e. The fourth-order valence-corrected chi connectivity index (χ4v) is 4.19. The molecule has 0 aromatic rings. The van der Waals surface area contributed by atoms with E-state index in [-0.39, 0.29) is 0 Å². The van der Waals surface area contributed by atoms with Crippen LogP contribution >= 0.6 is 0 Å². The first kappa shape index (κ1) is 10.7. The minimum absolute atomic E-state index is 0.364. The van der Waals surface area contributed by atoms with Gasteiger partial charge in [-0.2, -0.15) is 0 Å². The van der Waals surface area contributed by atoms with Crippen molar-refractivity contribution in [2.24, 2.45) is 5.92 Å². The average Bonchev–Trinajstić information content (AvgIpc) is 2.49. The normalized spacial score (nSPS) is 37.1. The number of fused-ring (bicyclic) bond motifs is 1. The number of hydrogen-bond acceptors (Lipinski definition) is 1. The molecule has 2 aliphatic carbocycles. The molecule has 0 saturated heterocycles. The lowest BCUT2D eigenvalue weighted by atomic mass is 10.2. The summed E-state index contributed by atoms with van der Waals surface area (Å²) in [6.45, 7) is 11.8. The van der Waals surface area contributed by atoms with E-state index in [0.717, 1.165) is 5.92 Å². The molecule has 2 fully saturated rings. The third kappa shape index (κ3) is 1.56. The summed E-state index contributed by atoms with van der Waals surface area (Å²) in [7, 11) is -1.50. The van der Waals surface area contributed by atoms with Gasteiger partial charge in [0, 0.05) is 0 Å². The molecular weight excluding hydrogens is 188 g/mol. The van der Waals surface area contributed by atoms with Crippen LogP contribution < -0.4 is 0 Å². The van der Waals surface area contributed by atoms with Crippen molar-refractivity contribution < 1.29 is 4.43 Å². The molecule has 0 spiro atoms. The molecule has 2 rings (SSSR count). The summed E-state index contributed by atoms with van der Waals surface area (Å²) < 4.78 is 6.56. The van der Waals surface area contributed by atoms with Gasteiger partial charge in [-0.05, 0) is 43.3 Å². The first-order valence-electron chi connectivity index (χ1n) is 5.97. The van der Waals surface area contributed by atoms with E-state index in [1.807, 2.05) is 0 Å². The highest BCUT2D eigenvalue weighted by Crippen LogP contribution is 2.60. The minimum atomic E-state index is -1.50. The molecule has 14 heavy (non-hydrogen) atoms. The molecule has 82 valence electrons. The highest BCUT2D eigenvalue weighted by Gasteiger charge is 2.61. The molecule has 0 bridgehead atoms. The fraction of sp³-hybridized carbons (Fsp3) is 1.00. The summed E-state index contributed by atoms with van der Waals surface area (Å²) >= 11 is 0. The Morgan fingerprint density at radius 1 is 1.29 bits per heavy atom. The predicted octanol–water partition coefficient (Wildman–Crippen LogP) is 3.95. The molecule has 0 heterocycles. The van der Waals surface area contributed by atoms with Crippen LogP contribution in [-0.4, -0.2) is 13.9 Å². The SMILES string of the molecule is CC(C)(C)[Si](C)(C)OC12CCCC1C2. The first-order chi connectivity index (χ1) is 6.27. The predicted molar refractivity (Wildman–Crippen MR) is 63.0 cm³/mol. The zero-order valence-electron chi connectivity index (χ0n) is 10.3. The molecule has 2 atom stereocenters. The average molecular weight is 212 g/mol. The second kappa shape index (κ2) is 2.85. The lowest BCUT2D eigenvalue weighted by molar-refractivity contribution is 0.150. The van der Waals surface area contributed by atoms with Gasteiger partial charge in [0.05, 0.1) is 5.60 Å². The smallest absolute Gasteiger partial charge is 0.192 e. The summed E-state index contributed by atoms with van der Waals surface area (Å²) in [5, 5.41) is 0.373. The van der Waals surface area contributed by atoms with Crippen molar-refractivity contribution in [2.75, 3.05) is 0 Å². The van der Waals surface area contributed by atoms with Crippen molar-refractivity contribution >= 4 is 8.32 Å². The Bertz CT molecular complexity index is 241. The van der Waals surface area contributed by atoms with Crippen molar-refractivity contribution in [3.63, 3.8) is 0 Å². The molecular formula is C12H24OSi. The van der Waals surface area contributed by atoms with E-state index in [4.69, 9.17) is 4.43 Å². The summed E-state index contributed by atoms with van der Waals surface area (Å²) in [6.07, 6.45) is 5.53. The Morgan fingerprint density at radius 3 is 2.29 bits per heavy atom. The van der Waals surface area contributed by atoms with Crippen molar-refractivity contribution in [3.05, 3.63) is 0 Å². The van der Waals surface area contributed by atoms with Gasteiger partial charge < -0.3 is 4.43 Å². The van der Waals surface area contributed by atoms with Crippen molar-refractivity contribution in [1.82, 2.24) is 0 Å². The fourth-order valence-electron chi connectivity index (χ4n) is 2.51. The van der Waals surface area contributed by atoms with Gasteiger partial charge >= 0.3 is 0 Å². The Labute approximate surface area is 89.4 Å². The molecule has 0 aliphatic heterocycles. The summed E-state index contributed by atoms with van der Waals surface area (Å²) in [6, 6.07) is 0. The molecule has 2 heteroatoms. The summed E-state index contributed by atoms with van der Waals surface area (Å²) in [5.41, 5.74) is 0.364. The maximum absolute atomic E-state index is 6.56. The Balaban J connectivity index is 2.04. The maximum atomic E-state index is 6.56. The van der Waals surface area contributed by atoms with Crippen LogP contribution in [0.2, 0.25) is 18.1 Å². The van der Waals surface area contributed by atoms with Crippen molar-refractivity contribution in [1.29, 1.82) is 0 Å². The van der Waals surface area contributed by atoms with Crippen LogP contribution in [0, 0.1) is 5.92 Å². The van der Waals surface area contributed by atoms with Crippen LogP contribution in [0.3, 0.4) is 0 Å². The second-order valence-electron chi connectivity index (χ2n) is 6.72. The molecule has 1 nitrogen and oxygen atoms in total. The van der Waals surface area contributed by atoms with Gasteiger partial charge in [0.15, 0.2) is 8.32 Å². The molecule has 0 aromatic heterocycles. The van der Waals surface area contributed by atoms with Gasteiger partial charge in [0.25, 0.3) is 0 Å². The Morgan fingerprint density at radius 2 is 1.93 bits per heavy atom. The molecule has 0 aromatic carbocycles. The molecule has 2 unspecified atom stereocenters. The van der Waals surface area contributed by atoms with Crippen molar-refractivity contribution in [2.45, 2.75) is 70.2 Å². The molecule has 0 radical (unpaired) electrons. The van der Waals surface area contributed by atoms with Gasteiger partial charge in [0.2, 0.25) is 0 Å². The zero-order chi connectivity index (χ0) is 10.6. The van der Waals surface area contributed by atoms with E-state index in [9.17, 15) is 0 Å². The van der Waals surface area contributed by atoms with Crippen LogP contribution in [0.5, 0.6) is 0 Å². The quantitative estimate of drug-likeness (QED) is 0.630. The van der Waals surface area contributed by atoms with E-state index in [1.165, 1.54) is 25.7 Å². The summed E-state index contributed by atoms with van der Waals surface area (Å²) in [5.74, 6) is 0.927. The monoisotopic (exact) mass is 212 g/mol. The van der Waals surface area contributed by atoms with E-state index in [1.54, 1.807) is 0 Å². The zero-order valence-corrected chi connectivity index (χ0v) is 11.3. The Kier molecular flexibility index (Phi) is 2.18.